The van der Waals surface area contributed by atoms with Crippen molar-refractivity contribution >= 4 is 16.8 Å². The van der Waals surface area contributed by atoms with E-state index in [4.69, 9.17) is 0 Å². The van der Waals surface area contributed by atoms with Crippen LogP contribution in [0.25, 0.3) is 10.9 Å². The molecule has 0 radical (unpaired) electrons. The molecule has 1 aliphatic rings. The third kappa shape index (κ3) is 2.48. The number of hydrogen-bond donors (Lipinski definition) is 1. The van der Waals surface area contributed by atoms with Gasteiger partial charge in [-0.25, -0.2) is 0 Å². The normalized spacial score (nSPS) is 16.7. The van der Waals surface area contributed by atoms with Crippen molar-refractivity contribution in [1.29, 1.82) is 0 Å². The van der Waals surface area contributed by atoms with E-state index < -0.39 is 0 Å². The average Bonchev–Trinajstić information content (AvgIpc) is 2.79. The van der Waals surface area contributed by atoms with Gasteiger partial charge in [-0.15, -0.1) is 0 Å². The number of aryl methyl sites for hydroxylation is 1. The topological polar surface area (TPSA) is 46.9 Å². The molecule has 1 aromatic heterocycles. The van der Waals surface area contributed by atoms with Gasteiger partial charge < -0.3 is 5.32 Å². The SMILES string of the molecule is Cn1cc2cccc(C(=O)NC3CCCCC3)c2n1. The van der Waals surface area contributed by atoms with Gasteiger partial charge in [-0.05, 0) is 18.9 Å². The quantitative estimate of drug-likeness (QED) is 0.899. The molecule has 4 nitrogen and oxygen atoms in total. The molecule has 1 aliphatic carbocycles. The van der Waals surface area contributed by atoms with Gasteiger partial charge in [-0.3, -0.25) is 9.48 Å². The van der Waals surface area contributed by atoms with E-state index in [1.165, 1.54) is 19.3 Å². The van der Waals surface area contributed by atoms with Crippen LogP contribution in [0.15, 0.2) is 24.4 Å². The summed E-state index contributed by atoms with van der Waals surface area (Å²) in [5, 5.41) is 8.54. The van der Waals surface area contributed by atoms with E-state index in [0.717, 1.165) is 23.7 Å². The summed E-state index contributed by atoms with van der Waals surface area (Å²) in [6.45, 7) is 0. The molecule has 0 saturated heterocycles. The van der Waals surface area contributed by atoms with Gasteiger partial charge in [0.05, 0.1) is 5.56 Å². The highest BCUT2D eigenvalue weighted by atomic mass is 16.1. The van der Waals surface area contributed by atoms with Crippen molar-refractivity contribution in [1.82, 2.24) is 15.1 Å². The van der Waals surface area contributed by atoms with Gasteiger partial charge >= 0.3 is 0 Å². The van der Waals surface area contributed by atoms with E-state index in [1.54, 1.807) is 4.68 Å². The molecule has 0 spiro atoms. The Morgan fingerprint density at radius 2 is 2.11 bits per heavy atom. The molecule has 1 amide bonds. The van der Waals surface area contributed by atoms with E-state index in [0.29, 0.717) is 11.6 Å². The van der Waals surface area contributed by atoms with Crippen LogP contribution in [0.3, 0.4) is 0 Å². The van der Waals surface area contributed by atoms with Gasteiger partial charge in [0, 0.05) is 24.7 Å². The lowest BCUT2D eigenvalue weighted by atomic mass is 9.95. The third-order valence-electron chi connectivity index (χ3n) is 3.84. The fourth-order valence-corrected chi connectivity index (χ4v) is 2.86. The highest BCUT2D eigenvalue weighted by Gasteiger charge is 2.18. The van der Waals surface area contributed by atoms with Gasteiger partial charge in [0.2, 0.25) is 0 Å². The Morgan fingerprint density at radius 3 is 2.89 bits per heavy atom. The van der Waals surface area contributed by atoms with Crippen LogP contribution >= 0.6 is 0 Å². The summed E-state index contributed by atoms with van der Waals surface area (Å²) in [6.07, 6.45) is 7.88. The van der Waals surface area contributed by atoms with Crippen LogP contribution in [0.1, 0.15) is 42.5 Å². The van der Waals surface area contributed by atoms with Gasteiger partial charge in [0.15, 0.2) is 0 Å². The van der Waals surface area contributed by atoms with E-state index in [1.807, 2.05) is 31.4 Å². The largest absolute Gasteiger partial charge is 0.349 e. The zero-order chi connectivity index (χ0) is 13.2. The minimum absolute atomic E-state index is 0.0104. The van der Waals surface area contributed by atoms with Crippen molar-refractivity contribution in [3.8, 4) is 0 Å². The number of benzene rings is 1. The van der Waals surface area contributed by atoms with Gasteiger partial charge in [-0.1, -0.05) is 31.4 Å². The second-order valence-corrected chi connectivity index (χ2v) is 5.35. The summed E-state index contributed by atoms with van der Waals surface area (Å²) in [5.74, 6) is 0.0104. The highest BCUT2D eigenvalue weighted by molar-refractivity contribution is 6.05. The third-order valence-corrected chi connectivity index (χ3v) is 3.84. The number of aromatic nitrogens is 2. The van der Waals surface area contributed by atoms with Crippen molar-refractivity contribution in [3.63, 3.8) is 0 Å². The monoisotopic (exact) mass is 257 g/mol. The zero-order valence-corrected chi connectivity index (χ0v) is 11.2. The van der Waals surface area contributed by atoms with Crippen LogP contribution in [0.5, 0.6) is 0 Å². The number of carbonyl (C=O) groups is 1. The molecule has 0 bridgehead atoms. The first-order valence-electron chi connectivity index (χ1n) is 6.97. The number of hydrogen-bond acceptors (Lipinski definition) is 2. The highest BCUT2D eigenvalue weighted by Crippen LogP contribution is 2.20. The lowest BCUT2D eigenvalue weighted by molar-refractivity contribution is 0.0929. The lowest BCUT2D eigenvalue weighted by Gasteiger charge is -2.22. The molecule has 4 heteroatoms. The van der Waals surface area contributed by atoms with Crippen molar-refractivity contribution < 1.29 is 4.79 Å². The summed E-state index contributed by atoms with van der Waals surface area (Å²) in [7, 11) is 1.88. The summed E-state index contributed by atoms with van der Waals surface area (Å²) in [4.78, 5) is 12.4. The molecule has 1 heterocycles. The molecule has 0 atom stereocenters. The molecule has 1 aromatic carbocycles. The van der Waals surface area contributed by atoms with E-state index in [9.17, 15) is 4.79 Å². The molecular weight excluding hydrogens is 238 g/mol. The van der Waals surface area contributed by atoms with Gasteiger partial charge in [-0.2, -0.15) is 5.10 Å². The maximum atomic E-state index is 12.4. The Labute approximate surface area is 112 Å². The number of nitrogens with one attached hydrogen (secondary N) is 1. The average molecular weight is 257 g/mol. The van der Waals surface area contributed by atoms with Crippen molar-refractivity contribution in [2.45, 2.75) is 38.1 Å². The summed E-state index contributed by atoms with van der Waals surface area (Å²) < 4.78 is 1.75. The molecular formula is C15H19N3O. The van der Waals surface area contributed by atoms with Crippen molar-refractivity contribution in [2.75, 3.05) is 0 Å². The Bertz CT molecular complexity index is 596. The fourth-order valence-electron chi connectivity index (χ4n) is 2.86. The number of rotatable bonds is 2. The van der Waals surface area contributed by atoms with E-state index >= 15 is 0 Å². The van der Waals surface area contributed by atoms with Crippen LogP contribution in [0.2, 0.25) is 0 Å². The first kappa shape index (κ1) is 12.2. The predicted octanol–water partition coefficient (Wildman–Crippen LogP) is 2.64. The summed E-state index contributed by atoms with van der Waals surface area (Å²) in [6, 6.07) is 6.09. The summed E-state index contributed by atoms with van der Waals surface area (Å²) >= 11 is 0. The van der Waals surface area contributed by atoms with E-state index in [-0.39, 0.29) is 5.91 Å². The molecule has 1 N–H and O–H groups in total. The Balaban J connectivity index is 1.84. The number of amides is 1. The smallest absolute Gasteiger partial charge is 0.253 e. The number of fused-ring (bicyclic) bond motifs is 1. The molecule has 2 aromatic rings. The minimum Gasteiger partial charge on any atom is -0.349 e. The number of nitrogens with zero attached hydrogens (tertiary/aromatic N) is 2. The number of carbonyl (C=O) groups excluding carboxylic acids is 1. The Kier molecular flexibility index (Phi) is 3.23. The summed E-state index contributed by atoms with van der Waals surface area (Å²) in [5.41, 5.74) is 1.47. The lowest BCUT2D eigenvalue weighted by Crippen LogP contribution is -2.36. The fraction of sp³-hybridized carbons (Fsp3) is 0.467. The van der Waals surface area contributed by atoms with Crippen LogP contribution in [0.4, 0.5) is 0 Å². The van der Waals surface area contributed by atoms with Gasteiger partial charge in [0.25, 0.3) is 5.91 Å². The second kappa shape index (κ2) is 5.03. The van der Waals surface area contributed by atoms with Crippen LogP contribution in [0, 0.1) is 0 Å². The molecule has 0 unspecified atom stereocenters. The minimum atomic E-state index is 0.0104. The molecule has 3 rings (SSSR count). The molecule has 1 saturated carbocycles. The maximum absolute atomic E-state index is 12.4. The molecule has 19 heavy (non-hydrogen) atoms. The molecule has 1 fully saturated rings. The maximum Gasteiger partial charge on any atom is 0.253 e. The van der Waals surface area contributed by atoms with Crippen LogP contribution < -0.4 is 5.32 Å². The zero-order valence-electron chi connectivity index (χ0n) is 11.2. The van der Waals surface area contributed by atoms with Gasteiger partial charge in [0.1, 0.15) is 5.52 Å². The Morgan fingerprint density at radius 1 is 1.32 bits per heavy atom. The van der Waals surface area contributed by atoms with E-state index in [2.05, 4.69) is 10.4 Å². The first-order valence-corrected chi connectivity index (χ1v) is 6.97. The first-order chi connectivity index (χ1) is 9.24. The van der Waals surface area contributed by atoms with Crippen LogP contribution in [-0.4, -0.2) is 21.7 Å². The second-order valence-electron chi connectivity index (χ2n) is 5.35. The Hall–Kier alpha value is -1.84. The predicted molar refractivity (Wildman–Crippen MR) is 75.1 cm³/mol. The van der Waals surface area contributed by atoms with Crippen molar-refractivity contribution in [3.05, 3.63) is 30.0 Å². The van der Waals surface area contributed by atoms with Crippen molar-refractivity contribution in [2.24, 2.45) is 7.05 Å². The molecule has 0 aliphatic heterocycles. The molecule has 100 valence electrons. The van der Waals surface area contributed by atoms with Crippen LogP contribution in [-0.2, 0) is 7.05 Å². The standard InChI is InChI=1S/C15H19N3O/c1-18-10-11-6-5-9-13(14(11)17-18)15(19)16-12-7-3-2-4-8-12/h5-6,9-10,12H,2-4,7-8H2,1H3,(H,16,19).